The lowest BCUT2D eigenvalue weighted by Gasteiger charge is -2.11. The molecule has 5 nitrogen and oxygen atoms in total. The Bertz CT molecular complexity index is 832. The first-order valence-electron chi connectivity index (χ1n) is 8.44. The van der Waals surface area contributed by atoms with Crippen LogP contribution >= 0.6 is 11.6 Å². The van der Waals surface area contributed by atoms with Crippen LogP contribution in [0.5, 0.6) is 0 Å². The number of hydrogen-bond donors (Lipinski definition) is 2. The molecule has 0 radical (unpaired) electrons. The molecule has 2 rings (SSSR count). The van der Waals surface area contributed by atoms with Crippen molar-refractivity contribution in [2.75, 3.05) is 19.3 Å². The first kappa shape index (κ1) is 20.3. The summed E-state index contributed by atoms with van der Waals surface area (Å²) in [6.45, 7) is 4.05. The molecule has 2 aromatic rings. The van der Waals surface area contributed by atoms with Crippen molar-refractivity contribution in [3.63, 3.8) is 0 Å². The van der Waals surface area contributed by atoms with Gasteiger partial charge in [0, 0.05) is 24.4 Å². The maximum Gasteiger partial charge on any atom is 0.191 e. The number of sulfone groups is 1. The summed E-state index contributed by atoms with van der Waals surface area (Å²) in [5, 5.41) is 7.22. The molecule has 0 aromatic heterocycles. The minimum atomic E-state index is -3.15. The summed E-state index contributed by atoms with van der Waals surface area (Å²) in [7, 11) is -3.15. The molecule has 0 unspecified atom stereocenters. The van der Waals surface area contributed by atoms with Gasteiger partial charge in [-0.15, -0.1) is 0 Å². The second-order valence-corrected chi connectivity index (χ2v) is 8.37. The van der Waals surface area contributed by atoms with Crippen LogP contribution in [0.15, 0.2) is 58.4 Å². The van der Waals surface area contributed by atoms with Crippen LogP contribution in [0.2, 0.25) is 5.02 Å². The Morgan fingerprint density at radius 1 is 1.00 bits per heavy atom. The van der Waals surface area contributed by atoms with Crippen molar-refractivity contribution in [1.29, 1.82) is 0 Å². The van der Waals surface area contributed by atoms with Gasteiger partial charge in [-0.3, -0.25) is 0 Å². The van der Waals surface area contributed by atoms with Crippen molar-refractivity contribution in [3.05, 3.63) is 64.7 Å². The van der Waals surface area contributed by atoms with Gasteiger partial charge in [0.05, 0.1) is 11.4 Å². The highest BCUT2D eigenvalue weighted by atomic mass is 35.5. The third kappa shape index (κ3) is 6.69. The van der Waals surface area contributed by atoms with Gasteiger partial charge in [-0.25, -0.2) is 13.4 Å². The molecular weight excluding hydrogens is 370 g/mol. The SMILES string of the molecule is CCNC(=NCc1ccc(Cl)cc1)NCCc1ccc(S(C)(=O)=O)cc1. The van der Waals surface area contributed by atoms with E-state index in [0.717, 1.165) is 30.1 Å². The highest BCUT2D eigenvalue weighted by Gasteiger charge is 2.06. The van der Waals surface area contributed by atoms with E-state index in [1.54, 1.807) is 12.1 Å². The second kappa shape index (κ2) is 9.59. The molecule has 0 saturated heterocycles. The van der Waals surface area contributed by atoms with E-state index in [0.29, 0.717) is 23.0 Å². The Morgan fingerprint density at radius 3 is 2.19 bits per heavy atom. The van der Waals surface area contributed by atoms with Crippen molar-refractivity contribution in [2.45, 2.75) is 24.8 Å². The molecular formula is C19H24ClN3O2S. The van der Waals surface area contributed by atoms with E-state index in [1.807, 2.05) is 43.3 Å². The normalized spacial score (nSPS) is 12.0. The van der Waals surface area contributed by atoms with Crippen LogP contribution < -0.4 is 10.6 Å². The third-order valence-electron chi connectivity index (χ3n) is 3.73. The van der Waals surface area contributed by atoms with Gasteiger partial charge in [0.25, 0.3) is 0 Å². The molecule has 0 aliphatic rings. The van der Waals surface area contributed by atoms with Gasteiger partial charge in [0.15, 0.2) is 15.8 Å². The molecule has 0 fully saturated rings. The monoisotopic (exact) mass is 393 g/mol. The molecule has 140 valence electrons. The first-order chi connectivity index (χ1) is 12.4. The fourth-order valence-corrected chi connectivity index (χ4v) is 3.09. The van der Waals surface area contributed by atoms with Gasteiger partial charge in [-0.2, -0.15) is 0 Å². The predicted octanol–water partition coefficient (Wildman–Crippen LogP) is 3.04. The fraction of sp³-hybridized carbons (Fsp3) is 0.316. The highest BCUT2D eigenvalue weighted by Crippen LogP contribution is 2.11. The Kier molecular flexibility index (Phi) is 7.48. The number of halogens is 1. The number of aliphatic imine (C=N–C) groups is 1. The topological polar surface area (TPSA) is 70.6 Å². The van der Waals surface area contributed by atoms with Crippen LogP contribution in [0.4, 0.5) is 0 Å². The summed E-state index contributed by atoms with van der Waals surface area (Å²) >= 11 is 5.89. The number of nitrogens with zero attached hydrogens (tertiary/aromatic N) is 1. The Labute approximate surface area is 160 Å². The maximum absolute atomic E-state index is 11.5. The van der Waals surface area contributed by atoms with Crippen molar-refractivity contribution in [2.24, 2.45) is 4.99 Å². The van der Waals surface area contributed by atoms with Gasteiger partial charge in [-0.05, 0) is 48.7 Å². The molecule has 0 aliphatic heterocycles. The molecule has 0 atom stereocenters. The quantitative estimate of drug-likeness (QED) is 0.560. The van der Waals surface area contributed by atoms with Crippen molar-refractivity contribution in [1.82, 2.24) is 10.6 Å². The van der Waals surface area contributed by atoms with E-state index in [4.69, 9.17) is 11.6 Å². The van der Waals surface area contributed by atoms with E-state index >= 15 is 0 Å². The van der Waals surface area contributed by atoms with Crippen LogP contribution in [-0.4, -0.2) is 33.7 Å². The molecule has 0 bridgehead atoms. The summed E-state index contributed by atoms with van der Waals surface area (Å²) in [4.78, 5) is 4.90. The largest absolute Gasteiger partial charge is 0.357 e. The Hall–Kier alpha value is -2.05. The summed E-state index contributed by atoms with van der Waals surface area (Å²) in [6, 6.07) is 14.6. The summed E-state index contributed by atoms with van der Waals surface area (Å²) in [6.07, 6.45) is 1.98. The molecule has 26 heavy (non-hydrogen) atoms. The maximum atomic E-state index is 11.5. The van der Waals surface area contributed by atoms with Crippen molar-refractivity contribution >= 4 is 27.4 Å². The van der Waals surface area contributed by atoms with Crippen LogP contribution in [0, 0.1) is 0 Å². The fourth-order valence-electron chi connectivity index (χ4n) is 2.33. The van der Waals surface area contributed by atoms with E-state index in [2.05, 4.69) is 15.6 Å². The lowest BCUT2D eigenvalue weighted by atomic mass is 10.1. The molecule has 0 spiro atoms. The smallest absolute Gasteiger partial charge is 0.191 e. The van der Waals surface area contributed by atoms with E-state index in [9.17, 15) is 8.42 Å². The molecule has 7 heteroatoms. The molecule has 0 heterocycles. The number of rotatable bonds is 7. The van der Waals surface area contributed by atoms with Crippen LogP contribution in [-0.2, 0) is 22.8 Å². The zero-order valence-electron chi connectivity index (χ0n) is 15.0. The minimum absolute atomic E-state index is 0.340. The van der Waals surface area contributed by atoms with E-state index in [1.165, 1.54) is 6.26 Å². The summed E-state index contributed by atoms with van der Waals surface area (Å²) in [5.74, 6) is 0.746. The van der Waals surface area contributed by atoms with Crippen LogP contribution in [0.25, 0.3) is 0 Å². The Morgan fingerprint density at radius 2 is 1.62 bits per heavy atom. The van der Waals surface area contributed by atoms with Crippen LogP contribution in [0.3, 0.4) is 0 Å². The van der Waals surface area contributed by atoms with Gasteiger partial charge in [0.1, 0.15) is 0 Å². The van der Waals surface area contributed by atoms with Gasteiger partial charge < -0.3 is 10.6 Å². The average Bonchev–Trinajstić information content (AvgIpc) is 2.61. The van der Waals surface area contributed by atoms with E-state index < -0.39 is 9.84 Å². The number of guanidine groups is 1. The second-order valence-electron chi connectivity index (χ2n) is 5.91. The first-order valence-corrected chi connectivity index (χ1v) is 10.7. The van der Waals surface area contributed by atoms with Gasteiger partial charge in [-0.1, -0.05) is 35.9 Å². The number of hydrogen-bond acceptors (Lipinski definition) is 3. The van der Waals surface area contributed by atoms with Crippen LogP contribution in [0.1, 0.15) is 18.1 Å². The van der Waals surface area contributed by atoms with Gasteiger partial charge >= 0.3 is 0 Å². The lowest BCUT2D eigenvalue weighted by Crippen LogP contribution is -2.38. The predicted molar refractivity (Wildman–Crippen MR) is 108 cm³/mol. The van der Waals surface area contributed by atoms with E-state index in [-0.39, 0.29) is 0 Å². The minimum Gasteiger partial charge on any atom is -0.357 e. The summed E-state index contributed by atoms with van der Waals surface area (Å²) in [5.41, 5.74) is 2.15. The third-order valence-corrected chi connectivity index (χ3v) is 5.12. The molecule has 0 aliphatic carbocycles. The highest BCUT2D eigenvalue weighted by molar-refractivity contribution is 7.90. The number of nitrogens with one attached hydrogen (secondary N) is 2. The average molecular weight is 394 g/mol. The van der Waals surface area contributed by atoms with Crippen molar-refractivity contribution < 1.29 is 8.42 Å². The van der Waals surface area contributed by atoms with Crippen molar-refractivity contribution in [3.8, 4) is 0 Å². The zero-order valence-corrected chi connectivity index (χ0v) is 16.6. The molecule has 2 aromatic carbocycles. The standard InChI is InChI=1S/C19H24ClN3O2S/c1-3-21-19(23-14-16-4-8-17(20)9-5-16)22-13-12-15-6-10-18(11-7-15)26(2,24)25/h4-11H,3,12-14H2,1-2H3,(H2,21,22,23). The molecule has 2 N–H and O–H groups in total. The lowest BCUT2D eigenvalue weighted by molar-refractivity contribution is 0.602. The van der Waals surface area contributed by atoms with Gasteiger partial charge in [0.2, 0.25) is 0 Å². The Balaban J connectivity index is 1.89. The molecule has 0 amide bonds. The summed E-state index contributed by atoms with van der Waals surface area (Å²) < 4.78 is 23.0. The molecule has 0 saturated carbocycles. The number of benzene rings is 2. The zero-order chi connectivity index (χ0) is 19.0.